The van der Waals surface area contributed by atoms with Crippen molar-refractivity contribution in [1.29, 1.82) is 0 Å². The summed E-state index contributed by atoms with van der Waals surface area (Å²) in [7, 11) is -3.74. The summed E-state index contributed by atoms with van der Waals surface area (Å²) in [4.78, 5) is 0. The van der Waals surface area contributed by atoms with E-state index in [9.17, 15) is 12.8 Å². The Bertz CT molecular complexity index is 725. The Labute approximate surface area is 117 Å². The molecule has 5 heteroatoms. The van der Waals surface area contributed by atoms with Gasteiger partial charge in [-0.3, -0.25) is 4.72 Å². The second kappa shape index (κ2) is 5.88. The molecule has 0 atom stereocenters. The van der Waals surface area contributed by atoms with Gasteiger partial charge < -0.3 is 0 Å². The molecule has 0 fully saturated rings. The first-order valence-electron chi connectivity index (χ1n) is 5.98. The topological polar surface area (TPSA) is 46.2 Å². The van der Waals surface area contributed by atoms with Gasteiger partial charge in [-0.2, -0.15) is 0 Å². The Balaban J connectivity index is 2.19. The largest absolute Gasteiger partial charge is 0.277 e. The molecule has 0 radical (unpaired) electrons. The van der Waals surface area contributed by atoms with Gasteiger partial charge in [-0.25, -0.2) is 12.8 Å². The van der Waals surface area contributed by atoms with E-state index in [4.69, 9.17) is 0 Å². The van der Waals surface area contributed by atoms with Crippen LogP contribution in [0.25, 0.3) is 6.08 Å². The maximum Gasteiger partial charge on any atom is 0.255 e. The van der Waals surface area contributed by atoms with Crippen LogP contribution in [0, 0.1) is 12.7 Å². The van der Waals surface area contributed by atoms with E-state index in [0.717, 1.165) is 16.5 Å². The zero-order chi connectivity index (χ0) is 14.6. The third-order valence-electron chi connectivity index (χ3n) is 2.61. The van der Waals surface area contributed by atoms with Crippen LogP contribution in [0.3, 0.4) is 0 Å². The van der Waals surface area contributed by atoms with Crippen LogP contribution >= 0.6 is 0 Å². The van der Waals surface area contributed by atoms with Crippen molar-refractivity contribution in [2.24, 2.45) is 0 Å². The fourth-order valence-electron chi connectivity index (χ4n) is 1.64. The second-order valence-electron chi connectivity index (χ2n) is 4.34. The van der Waals surface area contributed by atoms with Crippen LogP contribution in [-0.2, 0) is 10.0 Å². The summed E-state index contributed by atoms with van der Waals surface area (Å²) in [6, 6.07) is 13.3. The van der Waals surface area contributed by atoms with Crippen molar-refractivity contribution in [2.75, 3.05) is 4.72 Å². The SMILES string of the molecule is Cc1ccc(F)c(NS(=O)(=O)/C=C/c2ccccc2)c1. The molecule has 0 saturated carbocycles. The van der Waals surface area contributed by atoms with Gasteiger partial charge in [0.05, 0.1) is 11.1 Å². The van der Waals surface area contributed by atoms with E-state index < -0.39 is 15.8 Å². The molecule has 0 aliphatic heterocycles. The minimum absolute atomic E-state index is 0.0530. The third-order valence-corrected chi connectivity index (χ3v) is 3.61. The number of nitrogens with one attached hydrogen (secondary N) is 1. The van der Waals surface area contributed by atoms with E-state index in [1.807, 2.05) is 6.07 Å². The number of hydrogen-bond donors (Lipinski definition) is 1. The lowest BCUT2D eigenvalue weighted by Gasteiger charge is -2.06. The van der Waals surface area contributed by atoms with Crippen molar-refractivity contribution in [3.8, 4) is 0 Å². The van der Waals surface area contributed by atoms with Crippen molar-refractivity contribution < 1.29 is 12.8 Å². The number of aryl methyl sites for hydroxylation is 1. The lowest BCUT2D eigenvalue weighted by molar-refractivity contribution is 0.606. The van der Waals surface area contributed by atoms with Crippen molar-refractivity contribution in [1.82, 2.24) is 0 Å². The van der Waals surface area contributed by atoms with Gasteiger partial charge >= 0.3 is 0 Å². The molecule has 0 amide bonds. The Kier molecular flexibility index (Phi) is 4.20. The van der Waals surface area contributed by atoms with Crippen LogP contribution in [-0.4, -0.2) is 8.42 Å². The van der Waals surface area contributed by atoms with E-state index in [2.05, 4.69) is 4.72 Å². The summed E-state index contributed by atoms with van der Waals surface area (Å²) < 4.78 is 39.5. The average molecular weight is 291 g/mol. The highest BCUT2D eigenvalue weighted by molar-refractivity contribution is 7.95. The van der Waals surface area contributed by atoms with E-state index in [1.54, 1.807) is 37.3 Å². The van der Waals surface area contributed by atoms with Crippen LogP contribution in [0.5, 0.6) is 0 Å². The first-order valence-corrected chi connectivity index (χ1v) is 7.53. The van der Waals surface area contributed by atoms with Crippen LogP contribution in [0.2, 0.25) is 0 Å². The summed E-state index contributed by atoms with van der Waals surface area (Å²) in [5, 5.41) is 1.02. The highest BCUT2D eigenvalue weighted by atomic mass is 32.2. The summed E-state index contributed by atoms with van der Waals surface area (Å²) in [6.45, 7) is 1.76. The Morgan fingerprint density at radius 2 is 1.80 bits per heavy atom. The predicted molar refractivity (Wildman–Crippen MR) is 79.2 cm³/mol. The fourth-order valence-corrected chi connectivity index (χ4v) is 2.50. The molecule has 2 aromatic carbocycles. The van der Waals surface area contributed by atoms with Crippen molar-refractivity contribution in [3.05, 3.63) is 70.9 Å². The lowest BCUT2D eigenvalue weighted by atomic mass is 10.2. The van der Waals surface area contributed by atoms with Gasteiger partial charge in [-0.15, -0.1) is 0 Å². The molecule has 0 unspecified atom stereocenters. The van der Waals surface area contributed by atoms with Crippen molar-refractivity contribution in [3.63, 3.8) is 0 Å². The molecule has 0 aliphatic rings. The summed E-state index contributed by atoms with van der Waals surface area (Å²) in [6.07, 6.45) is 1.45. The van der Waals surface area contributed by atoms with Crippen molar-refractivity contribution >= 4 is 21.8 Å². The molecule has 0 heterocycles. The molecule has 2 rings (SSSR count). The molecule has 3 nitrogen and oxygen atoms in total. The fraction of sp³-hybridized carbons (Fsp3) is 0.0667. The Morgan fingerprint density at radius 1 is 1.10 bits per heavy atom. The maximum absolute atomic E-state index is 13.5. The molecule has 1 N–H and O–H groups in total. The van der Waals surface area contributed by atoms with E-state index in [1.165, 1.54) is 18.2 Å². The quantitative estimate of drug-likeness (QED) is 0.936. The molecule has 104 valence electrons. The standard InChI is InChI=1S/C15H14FNO2S/c1-12-7-8-14(16)15(11-12)17-20(18,19)10-9-13-5-3-2-4-6-13/h2-11,17H,1H3/b10-9+. The zero-order valence-electron chi connectivity index (χ0n) is 10.9. The zero-order valence-corrected chi connectivity index (χ0v) is 11.7. The second-order valence-corrected chi connectivity index (χ2v) is 5.91. The molecule has 0 aromatic heterocycles. The minimum Gasteiger partial charge on any atom is -0.277 e. The van der Waals surface area contributed by atoms with Crippen LogP contribution < -0.4 is 4.72 Å². The monoisotopic (exact) mass is 291 g/mol. The van der Waals surface area contributed by atoms with Gasteiger partial charge in [0.25, 0.3) is 10.0 Å². The molecule has 0 saturated heterocycles. The number of benzene rings is 2. The molecular formula is C15H14FNO2S. The van der Waals surface area contributed by atoms with E-state index in [-0.39, 0.29) is 5.69 Å². The minimum atomic E-state index is -3.74. The number of anilines is 1. The molecule has 0 aliphatic carbocycles. The van der Waals surface area contributed by atoms with Gasteiger partial charge in [0.2, 0.25) is 0 Å². The van der Waals surface area contributed by atoms with Crippen LogP contribution in [0.1, 0.15) is 11.1 Å². The molecule has 0 spiro atoms. The van der Waals surface area contributed by atoms with Gasteiger partial charge in [0.15, 0.2) is 0 Å². The van der Waals surface area contributed by atoms with Crippen LogP contribution in [0.15, 0.2) is 53.9 Å². The van der Waals surface area contributed by atoms with Gasteiger partial charge in [-0.1, -0.05) is 36.4 Å². The number of rotatable bonds is 4. The highest BCUT2D eigenvalue weighted by Crippen LogP contribution is 2.17. The van der Waals surface area contributed by atoms with Gasteiger partial charge in [0, 0.05) is 0 Å². The lowest BCUT2D eigenvalue weighted by Crippen LogP contribution is -2.10. The first kappa shape index (κ1) is 14.3. The Hall–Kier alpha value is -2.14. The van der Waals surface area contributed by atoms with E-state index in [0.29, 0.717) is 0 Å². The summed E-state index contributed by atoms with van der Waals surface area (Å²) >= 11 is 0. The Morgan fingerprint density at radius 3 is 2.50 bits per heavy atom. The molecular weight excluding hydrogens is 277 g/mol. The molecule has 0 bridgehead atoms. The highest BCUT2D eigenvalue weighted by Gasteiger charge is 2.09. The molecule has 2 aromatic rings. The van der Waals surface area contributed by atoms with Crippen molar-refractivity contribution in [2.45, 2.75) is 6.92 Å². The molecule has 20 heavy (non-hydrogen) atoms. The maximum atomic E-state index is 13.5. The predicted octanol–water partition coefficient (Wildman–Crippen LogP) is 3.55. The number of sulfonamides is 1. The van der Waals surface area contributed by atoms with Gasteiger partial charge in [0.1, 0.15) is 5.82 Å². The summed E-state index contributed by atoms with van der Waals surface area (Å²) in [5.74, 6) is -0.604. The van der Waals surface area contributed by atoms with Gasteiger partial charge in [-0.05, 0) is 36.3 Å². The average Bonchev–Trinajstić information content (AvgIpc) is 2.42. The third kappa shape index (κ3) is 3.93. The normalized spacial score (nSPS) is 11.7. The summed E-state index contributed by atoms with van der Waals surface area (Å²) in [5.41, 5.74) is 1.47. The number of hydrogen-bond acceptors (Lipinski definition) is 2. The van der Waals surface area contributed by atoms with Crippen LogP contribution in [0.4, 0.5) is 10.1 Å². The van der Waals surface area contributed by atoms with E-state index >= 15 is 0 Å². The first-order chi connectivity index (χ1) is 9.46. The smallest absolute Gasteiger partial charge is 0.255 e. The number of halogens is 1.